The van der Waals surface area contributed by atoms with Crippen molar-refractivity contribution in [3.8, 4) is 0 Å². The number of amides is 1. The number of nitrogens with zero attached hydrogens (tertiary/aromatic N) is 2. The molecule has 134 valence electrons. The van der Waals surface area contributed by atoms with E-state index in [1.165, 1.54) is 27.4 Å². The van der Waals surface area contributed by atoms with Crippen molar-refractivity contribution in [2.45, 2.75) is 18.8 Å². The van der Waals surface area contributed by atoms with E-state index >= 15 is 0 Å². The normalized spacial score (nSPS) is 17.3. The molecule has 1 saturated heterocycles. The fraction of sp³-hybridized carbons (Fsp3) is 0.174. The number of hydrogen-bond acceptors (Lipinski definition) is 2. The van der Waals surface area contributed by atoms with Crippen molar-refractivity contribution in [1.29, 1.82) is 0 Å². The first-order valence-electron chi connectivity index (χ1n) is 9.27. The van der Waals surface area contributed by atoms with E-state index in [4.69, 9.17) is 0 Å². The zero-order valence-corrected chi connectivity index (χ0v) is 15.9. The molecule has 4 aromatic rings. The third-order valence-corrected chi connectivity index (χ3v) is 6.51. The first-order chi connectivity index (χ1) is 13.3. The van der Waals surface area contributed by atoms with Gasteiger partial charge in [-0.05, 0) is 42.8 Å². The highest BCUT2D eigenvalue weighted by Gasteiger charge is 2.34. The van der Waals surface area contributed by atoms with Crippen LogP contribution in [0, 0.1) is 0 Å². The Morgan fingerprint density at radius 2 is 1.67 bits per heavy atom. The third-order valence-electron chi connectivity index (χ3n) is 5.30. The number of benzene rings is 3. The minimum Gasteiger partial charge on any atom is -0.341 e. The lowest BCUT2D eigenvalue weighted by Gasteiger charge is -2.24. The molecule has 0 N–H and O–H groups in total. The summed E-state index contributed by atoms with van der Waals surface area (Å²) in [5.41, 5.74) is 4.67. The predicted octanol–water partition coefficient (Wildman–Crippen LogP) is 5.59. The summed E-state index contributed by atoms with van der Waals surface area (Å²) in [6, 6.07) is 25.2. The zero-order chi connectivity index (χ0) is 18.4. The van der Waals surface area contributed by atoms with E-state index in [9.17, 15) is 4.79 Å². The average Bonchev–Trinajstić information content (AvgIpc) is 3.26. The van der Waals surface area contributed by atoms with E-state index < -0.39 is 0 Å². The van der Waals surface area contributed by atoms with Gasteiger partial charge in [-0.25, -0.2) is 0 Å². The van der Waals surface area contributed by atoms with Gasteiger partial charge in [0.25, 0.3) is 0 Å². The Hall–Kier alpha value is -2.72. The van der Waals surface area contributed by atoms with Crippen molar-refractivity contribution in [3.63, 3.8) is 0 Å². The molecule has 27 heavy (non-hydrogen) atoms. The fourth-order valence-electron chi connectivity index (χ4n) is 4.10. The molecule has 1 unspecified atom stereocenters. The fourth-order valence-corrected chi connectivity index (χ4v) is 5.27. The zero-order valence-electron chi connectivity index (χ0n) is 15.1. The topological polar surface area (TPSA) is 25.2 Å². The molecule has 3 aromatic carbocycles. The molecular formula is C23H20N2OS. The molecule has 1 aromatic heterocycles. The number of aryl methyl sites for hydroxylation is 1. The van der Waals surface area contributed by atoms with Crippen LogP contribution in [0.5, 0.6) is 0 Å². The van der Waals surface area contributed by atoms with Crippen LogP contribution >= 0.6 is 11.8 Å². The van der Waals surface area contributed by atoms with E-state index in [2.05, 4.69) is 54.0 Å². The molecule has 0 radical (unpaired) electrons. The van der Waals surface area contributed by atoms with Crippen LogP contribution in [0.4, 0.5) is 5.69 Å². The molecule has 0 bridgehead atoms. The molecule has 0 saturated carbocycles. The Morgan fingerprint density at radius 1 is 0.926 bits per heavy atom. The van der Waals surface area contributed by atoms with Gasteiger partial charge in [0.15, 0.2) is 0 Å². The highest BCUT2D eigenvalue weighted by molar-refractivity contribution is 8.00. The van der Waals surface area contributed by atoms with Crippen LogP contribution in [0.2, 0.25) is 0 Å². The highest BCUT2D eigenvalue weighted by Crippen LogP contribution is 2.43. The van der Waals surface area contributed by atoms with Crippen LogP contribution in [-0.2, 0) is 11.3 Å². The van der Waals surface area contributed by atoms with Gasteiger partial charge in [-0.15, -0.1) is 11.8 Å². The van der Waals surface area contributed by atoms with Crippen molar-refractivity contribution < 1.29 is 4.79 Å². The smallest absolute Gasteiger partial charge is 0.238 e. The molecular weight excluding hydrogens is 352 g/mol. The first-order valence-corrected chi connectivity index (χ1v) is 10.3. The Morgan fingerprint density at radius 3 is 2.48 bits per heavy atom. The standard InChI is InChI=1S/C23H20N2OS/c1-2-24-20-11-7-6-10-18(20)19-14-16(12-13-21(19)24)23-25(22(26)15-27-23)17-8-4-3-5-9-17/h3-14,23H,2,15H2,1H3. The van der Waals surface area contributed by atoms with Crippen molar-refractivity contribution in [2.24, 2.45) is 0 Å². The summed E-state index contributed by atoms with van der Waals surface area (Å²) in [5.74, 6) is 0.696. The summed E-state index contributed by atoms with van der Waals surface area (Å²) in [6.07, 6.45) is 0. The minimum atomic E-state index is 0.0213. The van der Waals surface area contributed by atoms with Crippen LogP contribution in [-0.4, -0.2) is 16.2 Å². The summed E-state index contributed by atoms with van der Waals surface area (Å²) in [7, 11) is 0. The monoisotopic (exact) mass is 372 g/mol. The van der Waals surface area contributed by atoms with Gasteiger partial charge in [0.1, 0.15) is 5.37 Å². The first kappa shape index (κ1) is 16.5. The molecule has 1 atom stereocenters. The number of para-hydroxylation sites is 2. The third kappa shape index (κ3) is 2.55. The number of carbonyl (C=O) groups is 1. The largest absolute Gasteiger partial charge is 0.341 e. The minimum absolute atomic E-state index is 0.0213. The molecule has 5 rings (SSSR count). The van der Waals surface area contributed by atoms with Crippen molar-refractivity contribution in [2.75, 3.05) is 10.7 Å². The van der Waals surface area contributed by atoms with E-state index in [-0.39, 0.29) is 11.3 Å². The summed E-state index contributed by atoms with van der Waals surface area (Å²) in [4.78, 5) is 14.5. The SMILES string of the molecule is CCn1c2ccccc2c2cc(C3SCC(=O)N3c3ccccc3)ccc21. The number of aromatic nitrogens is 1. The highest BCUT2D eigenvalue weighted by atomic mass is 32.2. The molecule has 1 amide bonds. The lowest BCUT2D eigenvalue weighted by atomic mass is 10.1. The van der Waals surface area contributed by atoms with Crippen LogP contribution in [0.1, 0.15) is 17.9 Å². The number of thioether (sulfide) groups is 1. The Balaban J connectivity index is 1.67. The average molecular weight is 372 g/mol. The van der Waals surface area contributed by atoms with Gasteiger partial charge < -0.3 is 4.57 Å². The van der Waals surface area contributed by atoms with Gasteiger partial charge in [-0.3, -0.25) is 9.69 Å². The molecule has 0 aliphatic carbocycles. The number of rotatable bonds is 3. The van der Waals surface area contributed by atoms with E-state index in [1.807, 2.05) is 35.2 Å². The van der Waals surface area contributed by atoms with Crippen LogP contribution in [0.3, 0.4) is 0 Å². The maximum absolute atomic E-state index is 12.6. The van der Waals surface area contributed by atoms with Gasteiger partial charge >= 0.3 is 0 Å². The Labute approximate surface area is 162 Å². The molecule has 2 heterocycles. The number of anilines is 1. The lowest BCUT2D eigenvalue weighted by Crippen LogP contribution is -2.27. The molecule has 0 spiro atoms. The van der Waals surface area contributed by atoms with Crippen LogP contribution < -0.4 is 4.90 Å². The molecule has 3 nitrogen and oxygen atoms in total. The van der Waals surface area contributed by atoms with E-state index in [0.717, 1.165) is 12.2 Å². The Kier molecular flexibility index (Phi) is 3.94. The number of carbonyl (C=O) groups excluding carboxylic acids is 1. The summed E-state index contributed by atoms with van der Waals surface area (Å²) < 4.78 is 2.36. The molecule has 4 heteroatoms. The van der Waals surface area contributed by atoms with Crippen molar-refractivity contribution in [3.05, 3.63) is 78.4 Å². The van der Waals surface area contributed by atoms with Crippen LogP contribution in [0.25, 0.3) is 21.8 Å². The maximum Gasteiger partial charge on any atom is 0.238 e. The molecule has 1 aliphatic heterocycles. The second-order valence-electron chi connectivity index (χ2n) is 6.80. The van der Waals surface area contributed by atoms with E-state index in [1.54, 1.807) is 11.8 Å². The second kappa shape index (κ2) is 6.46. The quantitative estimate of drug-likeness (QED) is 0.468. The van der Waals surface area contributed by atoms with Gasteiger partial charge in [-0.1, -0.05) is 42.5 Å². The predicted molar refractivity (Wildman–Crippen MR) is 114 cm³/mol. The van der Waals surface area contributed by atoms with E-state index in [0.29, 0.717) is 5.75 Å². The molecule has 1 fully saturated rings. The van der Waals surface area contributed by atoms with Gasteiger partial charge in [0.2, 0.25) is 5.91 Å². The number of hydrogen-bond donors (Lipinski definition) is 0. The Bertz CT molecular complexity index is 1150. The maximum atomic E-state index is 12.6. The van der Waals surface area contributed by atoms with Crippen LogP contribution in [0.15, 0.2) is 72.8 Å². The second-order valence-corrected chi connectivity index (χ2v) is 7.87. The number of fused-ring (bicyclic) bond motifs is 3. The molecule has 1 aliphatic rings. The van der Waals surface area contributed by atoms with Crippen molar-refractivity contribution >= 4 is 45.2 Å². The van der Waals surface area contributed by atoms with Gasteiger partial charge in [0.05, 0.1) is 5.75 Å². The summed E-state index contributed by atoms with van der Waals surface area (Å²) in [6.45, 7) is 3.12. The summed E-state index contributed by atoms with van der Waals surface area (Å²) >= 11 is 1.70. The van der Waals surface area contributed by atoms with Crippen molar-refractivity contribution in [1.82, 2.24) is 4.57 Å². The summed E-state index contributed by atoms with van der Waals surface area (Å²) in [5, 5.41) is 2.56. The lowest BCUT2D eigenvalue weighted by molar-refractivity contribution is -0.115. The van der Waals surface area contributed by atoms with Gasteiger partial charge in [-0.2, -0.15) is 0 Å². The van der Waals surface area contributed by atoms with Gasteiger partial charge in [0, 0.05) is 34.0 Å².